The highest BCUT2D eigenvalue weighted by Gasteiger charge is 2.34. The molecule has 1 saturated heterocycles. The fraction of sp³-hybridized carbons (Fsp3) is 0.348. The van der Waals surface area contributed by atoms with E-state index in [2.05, 4.69) is 4.98 Å². The van der Waals surface area contributed by atoms with E-state index < -0.39 is 31.1 Å². The second kappa shape index (κ2) is 9.29. The van der Waals surface area contributed by atoms with Crippen molar-refractivity contribution in [2.24, 2.45) is 0 Å². The van der Waals surface area contributed by atoms with E-state index in [1.54, 1.807) is 18.2 Å². The fourth-order valence-corrected chi connectivity index (χ4v) is 5.93. The van der Waals surface area contributed by atoms with Gasteiger partial charge in [-0.2, -0.15) is 4.31 Å². The minimum absolute atomic E-state index is 0.0347. The van der Waals surface area contributed by atoms with E-state index in [1.165, 1.54) is 18.2 Å². The molecule has 1 aromatic heterocycles. The molecule has 3 heterocycles. The number of ether oxygens (including phenoxy) is 3. The monoisotopic (exact) mass is 501 g/mol. The third-order valence-corrected chi connectivity index (χ3v) is 7.90. The van der Waals surface area contributed by atoms with Crippen LogP contribution in [0.5, 0.6) is 11.5 Å². The first kappa shape index (κ1) is 23.3. The lowest BCUT2D eigenvalue weighted by Gasteiger charge is -2.25. The summed E-state index contributed by atoms with van der Waals surface area (Å²) in [5.74, 6) is 1.05. The Morgan fingerprint density at radius 2 is 1.83 bits per heavy atom. The maximum atomic E-state index is 13.6. The summed E-state index contributed by atoms with van der Waals surface area (Å²) in [5, 5.41) is 12.2. The van der Waals surface area contributed by atoms with Gasteiger partial charge in [0.05, 0.1) is 16.5 Å². The number of nitro benzene ring substituents is 1. The number of H-pyrrole nitrogens is 1. The average molecular weight is 502 g/mol. The Hall–Kier alpha value is -3.48. The van der Waals surface area contributed by atoms with E-state index in [9.17, 15) is 23.3 Å². The summed E-state index contributed by atoms with van der Waals surface area (Å²) in [5.41, 5.74) is -0.283. The van der Waals surface area contributed by atoms with E-state index in [0.29, 0.717) is 48.6 Å². The third-order valence-electron chi connectivity index (χ3n) is 6.04. The third kappa shape index (κ3) is 4.59. The molecule has 2 aromatic carbocycles. The summed E-state index contributed by atoms with van der Waals surface area (Å²) in [4.78, 5) is 26.1. The van der Waals surface area contributed by atoms with Gasteiger partial charge in [-0.25, -0.2) is 8.42 Å². The van der Waals surface area contributed by atoms with Gasteiger partial charge in [0, 0.05) is 42.8 Å². The topological polar surface area (TPSA) is 141 Å². The van der Waals surface area contributed by atoms with Crippen molar-refractivity contribution in [1.82, 2.24) is 9.29 Å². The summed E-state index contributed by atoms with van der Waals surface area (Å²) in [6, 6.07) is 10.2. The van der Waals surface area contributed by atoms with Crippen LogP contribution in [0.3, 0.4) is 0 Å². The van der Waals surface area contributed by atoms with Gasteiger partial charge in [0.15, 0.2) is 16.4 Å². The normalized spacial score (nSPS) is 17.7. The molecule has 0 radical (unpaired) electrons. The lowest BCUT2D eigenvalue weighted by atomic mass is 10.1. The van der Waals surface area contributed by atoms with Crippen LogP contribution in [0.1, 0.15) is 18.4 Å². The molecule has 0 amide bonds. The lowest BCUT2D eigenvalue weighted by Crippen LogP contribution is -2.38. The number of benzene rings is 2. The number of aromatic nitrogens is 1. The molecule has 1 N–H and O–H groups in total. The number of rotatable bonds is 7. The van der Waals surface area contributed by atoms with Gasteiger partial charge in [-0.1, -0.05) is 12.1 Å². The Kier molecular flexibility index (Phi) is 6.17. The standard InChI is InChI=1S/C23H23N3O8S/c27-23-16(10-15-11-20-21(12-18(15)24-23)34-9-8-33-20)13-25(14-17-4-3-7-32-17)35(30,31)22-6-2-1-5-19(22)26(28)29/h1-2,5-6,10-12,17H,3-4,7-9,13-14H2,(H,24,27). The molecule has 12 heteroatoms. The Labute approximate surface area is 200 Å². The number of sulfonamides is 1. The van der Waals surface area contributed by atoms with Crippen molar-refractivity contribution in [3.63, 3.8) is 0 Å². The number of pyridine rings is 1. The molecule has 1 unspecified atom stereocenters. The van der Waals surface area contributed by atoms with E-state index in [-0.39, 0.29) is 24.8 Å². The zero-order valence-electron chi connectivity index (χ0n) is 18.6. The molecular formula is C23H23N3O8S. The predicted molar refractivity (Wildman–Crippen MR) is 125 cm³/mol. The molecular weight excluding hydrogens is 478 g/mol. The number of nitrogens with zero attached hydrogens (tertiary/aromatic N) is 2. The van der Waals surface area contributed by atoms with Crippen molar-refractivity contribution in [1.29, 1.82) is 0 Å². The van der Waals surface area contributed by atoms with Crippen LogP contribution in [-0.2, 0) is 21.3 Å². The highest BCUT2D eigenvalue weighted by Crippen LogP contribution is 2.34. The Balaban J connectivity index is 1.56. The largest absolute Gasteiger partial charge is 0.486 e. The molecule has 0 spiro atoms. The van der Waals surface area contributed by atoms with Crippen molar-refractivity contribution < 1.29 is 27.6 Å². The zero-order valence-corrected chi connectivity index (χ0v) is 19.5. The molecule has 11 nitrogen and oxygen atoms in total. The number of fused-ring (bicyclic) bond motifs is 2. The van der Waals surface area contributed by atoms with Gasteiger partial charge in [0.2, 0.25) is 10.0 Å². The zero-order chi connectivity index (χ0) is 24.6. The van der Waals surface area contributed by atoms with E-state index in [1.807, 2.05) is 0 Å². The van der Waals surface area contributed by atoms with Gasteiger partial charge in [0.25, 0.3) is 11.2 Å². The number of aromatic amines is 1. The van der Waals surface area contributed by atoms with Crippen LogP contribution in [0.4, 0.5) is 5.69 Å². The first-order chi connectivity index (χ1) is 16.8. The minimum atomic E-state index is -4.33. The van der Waals surface area contributed by atoms with Gasteiger partial charge < -0.3 is 19.2 Å². The number of nitrogens with one attached hydrogen (secondary N) is 1. The predicted octanol–water partition coefficient (Wildman–Crippen LogP) is 2.58. The first-order valence-electron chi connectivity index (χ1n) is 11.1. The molecule has 3 aromatic rings. The van der Waals surface area contributed by atoms with Crippen molar-refractivity contribution in [2.75, 3.05) is 26.4 Å². The van der Waals surface area contributed by atoms with E-state index >= 15 is 0 Å². The van der Waals surface area contributed by atoms with Crippen molar-refractivity contribution in [3.05, 3.63) is 68.5 Å². The maximum Gasteiger partial charge on any atom is 0.289 e. The van der Waals surface area contributed by atoms with Gasteiger partial charge in [-0.05, 0) is 31.0 Å². The van der Waals surface area contributed by atoms with Gasteiger partial charge in [-0.3, -0.25) is 14.9 Å². The van der Waals surface area contributed by atoms with Crippen LogP contribution in [0.25, 0.3) is 10.9 Å². The lowest BCUT2D eigenvalue weighted by molar-refractivity contribution is -0.387. The summed E-state index contributed by atoms with van der Waals surface area (Å²) in [6.45, 7) is 0.995. The van der Waals surface area contributed by atoms with Crippen LogP contribution in [0.2, 0.25) is 0 Å². The number of hydrogen-bond donors (Lipinski definition) is 1. The quantitative estimate of drug-likeness (QED) is 0.385. The van der Waals surface area contributed by atoms with E-state index in [0.717, 1.165) is 16.8 Å². The SMILES string of the molecule is O=c1[nH]c2cc3c(cc2cc1CN(CC1CCCO1)S(=O)(=O)c1ccccc1[N+](=O)[O-])OCCO3. The summed E-state index contributed by atoms with van der Waals surface area (Å²) < 4.78 is 45.2. The summed E-state index contributed by atoms with van der Waals surface area (Å²) >= 11 is 0. The van der Waals surface area contributed by atoms with Crippen molar-refractivity contribution >= 4 is 26.6 Å². The number of nitro groups is 1. The second-order valence-corrected chi connectivity index (χ2v) is 10.3. The van der Waals surface area contributed by atoms with Crippen LogP contribution in [0.15, 0.2) is 52.2 Å². The molecule has 0 bridgehead atoms. The van der Waals surface area contributed by atoms with E-state index in [4.69, 9.17) is 14.2 Å². The molecule has 1 fully saturated rings. The Morgan fingerprint density at radius 3 is 2.54 bits per heavy atom. The highest BCUT2D eigenvalue weighted by atomic mass is 32.2. The Bertz CT molecular complexity index is 1450. The smallest absolute Gasteiger partial charge is 0.289 e. The minimum Gasteiger partial charge on any atom is -0.486 e. The van der Waals surface area contributed by atoms with Crippen LogP contribution < -0.4 is 15.0 Å². The number of para-hydroxylation sites is 1. The summed E-state index contributed by atoms with van der Waals surface area (Å²) in [7, 11) is -4.33. The highest BCUT2D eigenvalue weighted by molar-refractivity contribution is 7.89. The Morgan fingerprint density at radius 1 is 1.09 bits per heavy atom. The maximum absolute atomic E-state index is 13.6. The molecule has 5 rings (SSSR count). The average Bonchev–Trinajstić information content (AvgIpc) is 3.36. The summed E-state index contributed by atoms with van der Waals surface area (Å²) in [6.07, 6.45) is 1.07. The molecule has 184 valence electrons. The molecule has 0 saturated carbocycles. The van der Waals surface area contributed by atoms with Gasteiger partial charge in [-0.15, -0.1) is 0 Å². The molecule has 1 atom stereocenters. The molecule has 2 aliphatic heterocycles. The fourth-order valence-electron chi connectivity index (χ4n) is 4.32. The van der Waals surface area contributed by atoms with Gasteiger partial charge in [0.1, 0.15) is 13.2 Å². The van der Waals surface area contributed by atoms with Crippen LogP contribution >= 0.6 is 0 Å². The van der Waals surface area contributed by atoms with Crippen molar-refractivity contribution in [2.45, 2.75) is 30.4 Å². The van der Waals surface area contributed by atoms with Crippen LogP contribution in [-0.4, -0.2) is 55.1 Å². The first-order valence-corrected chi connectivity index (χ1v) is 12.6. The molecule has 2 aliphatic rings. The van der Waals surface area contributed by atoms with Gasteiger partial charge >= 0.3 is 0 Å². The second-order valence-electron chi connectivity index (χ2n) is 8.36. The van der Waals surface area contributed by atoms with Crippen molar-refractivity contribution in [3.8, 4) is 11.5 Å². The van der Waals surface area contributed by atoms with Crippen LogP contribution in [0, 0.1) is 10.1 Å². The number of hydrogen-bond acceptors (Lipinski definition) is 8. The molecule has 0 aliphatic carbocycles. The molecule has 35 heavy (non-hydrogen) atoms.